The number of methoxy groups -OCH3 is 2. The highest BCUT2D eigenvalue weighted by Crippen LogP contribution is 2.36. The number of amides is 2. The molecule has 11 heteroatoms. The monoisotopic (exact) mass is 641 g/mol. The predicted molar refractivity (Wildman–Crippen MR) is 172 cm³/mol. The van der Waals surface area contributed by atoms with E-state index in [9.17, 15) is 18.0 Å². The number of ether oxygens (including phenoxy) is 2. The second-order valence-corrected chi connectivity index (χ2v) is 13.2. The minimum Gasteiger partial charge on any atom is -0.497 e. The Morgan fingerprint density at radius 2 is 1.64 bits per heavy atom. The third-order valence-corrected chi connectivity index (χ3v) is 9.92. The molecule has 0 aromatic heterocycles. The molecule has 0 aliphatic heterocycles. The number of anilines is 1. The van der Waals surface area contributed by atoms with Crippen LogP contribution in [0.25, 0.3) is 0 Å². The average Bonchev–Trinajstić information content (AvgIpc) is 3.53. The number of halogens is 1. The largest absolute Gasteiger partial charge is 0.497 e. The highest BCUT2D eigenvalue weighted by atomic mass is 35.5. The lowest BCUT2D eigenvalue weighted by Gasteiger charge is -2.34. The molecule has 1 aliphatic rings. The van der Waals surface area contributed by atoms with E-state index in [1.54, 1.807) is 48.5 Å². The molecule has 0 spiro atoms. The summed E-state index contributed by atoms with van der Waals surface area (Å²) in [5.41, 5.74) is 1.77. The van der Waals surface area contributed by atoms with E-state index >= 15 is 0 Å². The molecular formula is C33H40ClN3O6S. The van der Waals surface area contributed by atoms with Crippen molar-refractivity contribution in [1.29, 1.82) is 0 Å². The highest BCUT2D eigenvalue weighted by Gasteiger charge is 2.35. The number of rotatable bonds is 13. The van der Waals surface area contributed by atoms with Crippen LogP contribution in [0.3, 0.4) is 0 Å². The first-order valence-corrected chi connectivity index (χ1v) is 16.5. The van der Waals surface area contributed by atoms with Gasteiger partial charge in [-0.2, -0.15) is 0 Å². The Balaban J connectivity index is 1.78. The topological polar surface area (TPSA) is 105 Å². The van der Waals surface area contributed by atoms with Crippen LogP contribution in [-0.2, 0) is 26.2 Å². The number of nitrogens with one attached hydrogen (secondary N) is 1. The molecule has 0 unspecified atom stereocenters. The van der Waals surface area contributed by atoms with Crippen molar-refractivity contribution in [2.75, 3.05) is 25.1 Å². The first kappa shape index (κ1) is 33.1. The van der Waals surface area contributed by atoms with Gasteiger partial charge in [-0.15, -0.1) is 0 Å². The van der Waals surface area contributed by atoms with Crippen LogP contribution in [0.5, 0.6) is 11.5 Å². The predicted octanol–water partition coefficient (Wildman–Crippen LogP) is 5.73. The Hall–Kier alpha value is -3.76. The van der Waals surface area contributed by atoms with Crippen molar-refractivity contribution in [2.45, 2.75) is 69.5 Å². The van der Waals surface area contributed by atoms with Crippen LogP contribution in [0.1, 0.15) is 50.2 Å². The molecule has 236 valence electrons. The fraction of sp³-hybridized carbons (Fsp3) is 0.394. The normalized spacial score (nSPS) is 14.1. The maximum Gasteiger partial charge on any atom is 0.264 e. The van der Waals surface area contributed by atoms with Gasteiger partial charge in [0.15, 0.2) is 0 Å². The van der Waals surface area contributed by atoms with Gasteiger partial charge in [0.05, 0.1) is 24.8 Å². The molecule has 0 saturated heterocycles. The van der Waals surface area contributed by atoms with Gasteiger partial charge in [0.25, 0.3) is 10.0 Å². The molecule has 1 saturated carbocycles. The highest BCUT2D eigenvalue weighted by molar-refractivity contribution is 7.92. The summed E-state index contributed by atoms with van der Waals surface area (Å²) >= 11 is 6.11. The Morgan fingerprint density at radius 3 is 2.23 bits per heavy atom. The maximum absolute atomic E-state index is 14.4. The van der Waals surface area contributed by atoms with E-state index in [4.69, 9.17) is 21.1 Å². The van der Waals surface area contributed by atoms with E-state index in [0.717, 1.165) is 41.1 Å². The van der Waals surface area contributed by atoms with E-state index in [0.29, 0.717) is 17.2 Å². The first-order chi connectivity index (χ1) is 21.1. The van der Waals surface area contributed by atoms with Gasteiger partial charge in [0.1, 0.15) is 24.1 Å². The Labute approximate surface area is 265 Å². The fourth-order valence-electron chi connectivity index (χ4n) is 5.42. The molecule has 3 aromatic carbocycles. The summed E-state index contributed by atoms with van der Waals surface area (Å²) in [6.07, 6.45) is 4.22. The van der Waals surface area contributed by atoms with Crippen LogP contribution in [0.2, 0.25) is 5.02 Å². The number of aryl methyl sites for hydroxylation is 1. The molecule has 0 heterocycles. The number of nitrogens with zero attached hydrogens (tertiary/aromatic N) is 2. The molecule has 4 rings (SSSR count). The molecule has 2 amide bonds. The van der Waals surface area contributed by atoms with Gasteiger partial charge >= 0.3 is 0 Å². The quantitative estimate of drug-likeness (QED) is 0.256. The molecule has 9 nitrogen and oxygen atoms in total. The van der Waals surface area contributed by atoms with Crippen LogP contribution in [0.15, 0.2) is 71.6 Å². The fourth-order valence-corrected chi connectivity index (χ4v) is 6.96. The van der Waals surface area contributed by atoms with Gasteiger partial charge in [-0.05, 0) is 68.1 Å². The molecule has 1 N–H and O–H groups in total. The number of sulfonamides is 1. The summed E-state index contributed by atoms with van der Waals surface area (Å²) in [7, 11) is -1.38. The molecule has 0 bridgehead atoms. The van der Waals surface area contributed by atoms with Crippen molar-refractivity contribution in [2.24, 2.45) is 0 Å². The molecule has 0 radical (unpaired) electrons. The third-order valence-electron chi connectivity index (χ3n) is 7.90. The smallest absolute Gasteiger partial charge is 0.264 e. The van der Waals surface area contributed by atoms with Crippen LogP contribution < -0.4 is 19.1 Å². The van der Waals surface area contributed by atoms with Crippen molar-refractivity contribution >= 4 is 39.1 Å². The van der Waals surface area contributed by atoms with Gasteiger partial charge < -0.3 is 19.7 Å². The van der Waals surface area contributed by atoms with Crippen molar-refractivity contribution in [3.63, 3.8) is 0 Å². The average molecular weight is 642 g/mol. The lowest BCUT2D eigenvalue weighted by atomic mass is 10.1. The lowest BCUT2D eigenvalue weighted by Crippen LogP contribution is -2.53. The van der Waals surface area contributed by atoms with Gasteiger partial charge in [0.2, 0.25) is 11.8 Å². The molecule has 44 heavy (non-hydrogen) atoms. The van der Waals surface area contributed by atoms with Crippen molar-refractivity contribution in [3.8, 4) is 11.5 Å². The van der Waals surface area contributed by atoms with Gasteiger partial charge in [-0.25, -0.2) is 8.42 Å². The van der Waals surface area contributed by atoms with Gasteiger partial charge in [-0.3, -0.25) is 13.9 Å². The van der Waals surface area contributed by atoms with Crippen molar-refractivity contribution in [3.05, 3.63) is 82.9 Å². The number of hydrogen-bond acceptors (Lipinski definition) is 6. The second kappa shape index (κ2) is 14.8. The number of benzene rings is 3. The van der Waals surface area contributed by atoms with Crippen molar-refractivity contribution in [1.82, 2.24) is 10.2 Å². The van der Waals surface area contributed by atoms with Crippen LogP contribution >= 0.6 is 11.6 Å². The minimum absolute atomic E-state index is 0.0102. The van der Waals surface area contributed by atoms with E-state index < -0.39 is 28.5 Å². The zero-order valence-corrected chi connectivity index (χ0v) is 27.2. The Morgan fingerprint density at radius 1 is 0.977 bits per heavy atom. The first-order valence-electron chi connectivity index (χ1n) is 14.7. The van der Waals surface area contributed by atoms with Crippen molar-refractivity contribution < 1.29 is 27.5 Å². The van der Waals surface area contributed by atoms with E-state index in [1.807, 2.05) is 13.8 Å². The standard InChI is InChI=1S/C33H40ClN3O6S/c1-5-29(33(39)35-26-8-6-7-9-26)36(21-24-12-14-25(34)15-13-24)32(38)22-37(30-20-27(42-3)16-19-31(30)43-4)44(40,41)28-17-10-23(2)11-18-28/h10-20,26,29H,5-9,21-22H2,1-4H3,(H,35,39)/t29-/m0/s1. The lowest BCUT2D eigenvalue weighted by molar-refractivity contribution is -0.140. The summed E-state index contributed by atoms with van der Waals surface area (Å²) in [4.78, 5) is 29.5. The maximum atomic E-state index is 14.4. The van der Waals surface area contributed by atoms with E-state index in [-0.39, 0.29) is 34.8 Å². The zero-order valence-electron chi connectivity index (χ0n) is 25.6. The molecule has 1 atom stereocenters. The number of carbonyl (C=O) groups excluding carboxylic acids is 2. The SMILES string of the molecule is CC[C@@H](C(=O)NC1CCCC1)N(Cc1ccc(Cl)cc1)C(=O)CN(c1cc(OC)ccc1OC)S(=O)(=O)c1ccc(C)cc1. The summed E-state index contributed by atoms with van der Waals surface area (Å²) in [6, 6.07) is 17.4. The minimum atomic E-state index is -4.27. The zero-order chi connectivity index (χ0) is 31.9. The summed E-state index contributed by atoms with van der Waals surface area (Å²) in [5, 5.41) is 3.66. The molecular weight excluding hydrogens is 602 g/mol. The Kier molecular flexibility index (Phi) is 11.2. The Bertz CT molecular complexity index is 1540. The van der Waals surface area contributed by atoms with Crippen LogP contribution in [0.4, 0.5) is 5.69 Å². The van der Waals surface area contributed by atoms with Gasteiger partial charge in [-0.1, -0.05) is 61.2 Å². The second-order valence-electron chi connectivity index (χ2n) is 10.9. The molecule has 1 fully saturated rings. The number of carbonyl (C=O) groups is 2. The third kappa shape index (κ3) is 7.84. The van der Waals surface area contributed by atoms with Gasteiger partial charge in [0, 0.05) is 23.7 Å². The summed E-state index contributed by atoms with van der Waals surface area (Å²) in [6.45, 7) is 3.20. The summed E-state index contributed by atoms with van der Waals surface area (Å²) in [5.74, 6) is -0.176. The molecule has 3 aromatic rings. The van der Waals surface area contributed by atoms with E-state index in [1.165, 1.54) is 37.3 Å². The van der Waals surface area contributed by atoms with E-state index in [2.05, 4.69) is 5.32 Å². The van der Waals surface area contributed by atoms with Crippen LogP contribution in [-0.4, -0.2) is 58.0 Å². The van der Waals surface area contributed by atoms with Crippen LogP contribution in [0, 0.1) is 6.92 Å². The number of hydrogen-bond donors (Lipinski definition) is 1. The summed E-state index contributed by atoms with van der Waals surface area (Å²) < 4.78 is 40.4. The molecule has 1 aliphatic carbocycles.